The van der Waals surface area contributed by atoms with Crippen LogP contribution in [-0.4, -0.2) is 18.8 Å². The third-order valence-electron chi connectivity index (χ3n) is 1.57. The van der Waals surface area contributed by atoms with Crippen LogP contribution in [0.1, 0.15) is 16.6 Å². The van der Waals surface area contributed by atoms with E-state index in [4.69, 9.17) is 16.2 Å². The Morgan fingerprint density at radius 2 is 2.29 bits per heavy atom. The summed E-state index contributed by atoms with van der Waals surface area (Å²) < 4.78 is 6.02. The van der Waals surface area contributed by atoms with Gasteiger partial charge in [-0.2, -0.15) is 0 Å². The Bertz CT molecular complexity index is 349. The Labute approximate surface area is 90.6 Å². The molecular weight excluding hydrogens is 220 g/mol. The summed E-state index contributed by atoms with van der Waals surface area (Å²) in [5.41, 5.74) is 11.2. The smallest absolute Gasteiger partial charge is 0.261 e. The predicted molar refractivity (Wildman–Crippen MR) is 60.2 cm³/mol. The molecule has 6 heteroatoms. The van der Waals surface area contributed by atoms with Gasteiger partial charge in [0.25, 0.3) is 5.91 Å². The van der Waals surface area contributed by atoms with Crippen LogP contribution in [0.3, 0.4) is 0 Å². The fourth-order valence-corrected chi connectivity index (χ4v) is 3.21. The fourth-order valence-electron chi connectivity index (χ4n) is 1.01. The van der Waals surface area contributed by atoms with Crippen LogP contribution in [0.5, 0.6) is 5.75 Å². The SMILES string of the molecule is CCSc1sc(C(N)=O)c(N)c1OC. The van der Waals surface area contributed by atoms with Gasteiger partial charge in [-0.1, -0.05) is 6.92 Å². The molecule has 4 nitrogen and oxygen atoms in total. The van der Waals surface area contributed by atoms with Gasteiger partial charge in [-0.25, -0.2) is 0 Å². The van der Waals surface area contributed by atoms with Crippen molar-refractivity contribution < 1.29 is 9.53 Å². The van der Waals surface area contributed by atoms with Crippen LogP contribution in [0.25, 0.3) is 0 Å². The minimum absolute atomic E-state index is 0.348. The fraction of sp³-hybridized carbons (Fsp3) is 0.375. The largest absolute Gasteiger partial charge is 0.492 e. The summed E-state index contributed by atoms with van der Waals surface area (Å²) in [6.07, 6.45) is 0. The number of thioether (sulfide) groups is 1. The lowest BCUT2D eigenvalue weighted by atomic mass is 10.3. The Morgan fingerprint density at radius 3 is 2.71 bits per heavy atom. The maximum atomic E-state index is 11.0. The van der Waals surface area contributed by atoms with Gasteiger partial charge in [0.15, 0.2) is 5.75 Å². The van der Waals surface area contributed by atoms with Crippen LogP contribution in [0.2, 0.25) is 0 Å². The van der Waals surface area contributed by atoms with E-state index in [0.717, 1.165) is 9.96 Å². The number of ether oxygens (including phenoxy) is 1. The molecule has 0 atom stereocenters. The Balaban J connectivity index is 3.17. The number of hydrogen-bond acceptors (Lipinski definition) is 5. The summed E-state index contributed by atoms with van der Waals surface area (Å²) in [5, 5.41) is 0. The first-order valence-electron chi connectivity index (χ1n) is 4.00. The highest BCUT2D eigenvalue weighted by Gasteiger charge is 2.19. The predicted octanol–water partition coefficient (Wildman–Crippen LogP) is 1.55. The standard InChI is InChI=1S/C8H12N2O2S2/c1-3-13-8-5(12-2)4(9)6(14-8)7(10)11/h3,9H2,1-2H3,(H2,10,11). The van der Waals surface area contributed by atoms with Crippen molar-refractivity contribution in [1.82, 2.24) is 0 Å². The van der Waals surface area contributed by atoms with Gasteiger partial charge in [0.2, 0.25) is 0 Å². The molecule has 1 rings (SSSR count). The Hall–Kier alpha value is -0.880. The van der Waals surface area contributed by atoms with E-state index in [1.54, 1.807) is 11.8 Å². The molecule has 0 unspecified atom stereocenters. The molecule has 0 fully saturated rings. The molecule has 0 saturated heterocycles. The zero-order valence-electron chi connectivity index (χ0n) is 7.99. The first kappa shape index (κ1) is 11.2. The van der Waals surface area contributed by atoms with Crippen molar-refractivity contribution in [3.63, 3.8) is 0 Å². The van der Waals surface area contributed by atoms with Gasteiger partial charge in [0, 0.05) is 0 Å². The van der Waals surface area contributed by atoms with Crippen molar-refractivity contribution >= 4 is 34.7 Å². The van der Waals surface area contributed by atoms with Gasteiger partial charge in [0.1, 0.15) is 9.09 Å². The molecule has 78 valence electrons. The summed E-state index contributed by atoms with van der Waals surface area (Å²) >= 11 is 2.87. The van der Waals surface area contributed by atoms with E-state index in [0.29, 0.717) is 16.3 Å². The topological polar surface area (TPSA) is 78.3 Å². The number of nitrogens with two attached hydrogens (primary N) is 2. The molecule has 14 heavy (non-hydrogen) atoms. The van der Waals surface area contributed by atoms with Crippen LogP contribution in [0.15, 0.2) is 4.21 Å². The van der Waals surface area contributed by atoms with Gasteiger partial charge in [0.05, 0.1) is 12.8 Å². The molecule has 0 aromatic carbocycles. The number of carbonyl (C=O) groups excluding carboxylic acids is 1. The van der Waals surface area contributed by atoms with E-state index in [-0.39, 0.29) is 0 Å². The van der Waals surface area contributed by atoms with Crippen molar-refractivity contribution in [2.45, 2.75) is 11.1 Å². The second-order valence-corrected chi connectivity index (χ2v) is 5.02. The number of primary amides is 1. The summed E-state index contributed by atoms with van der Waals surface area (Å²) in [7, 11) is 1.53. The van der Waals surface area contributed by atoms with Crippen molar-refractivity contribution in [2.24, 2.45) is 5.73 Å². The number of rotatable bonds is 4. The number of amides is 1. The zero-order valence-corrected chi connectivity index (χ0v) is 9.63. The van der Waals surface area contributed by atoms with Gasteiger partial charge in [-0.3, -0.25) is 4.79 Å². The lowest BCUT2D eigenvalue weighted by Crippen LogP contribution is -2.10. The minimum Gasteiger partial charge on any atom is -0.492 e. The molecule has 0 bridgehead atoms. The second kappa shape index (κ2) is 4.56. The maximum Gasteiger partial charge on any atom is 0.261 e. The number of hydrogen-bond donors (Lipinski definition) is 2. The van der Waals surface area contributed by atoms with E-state index in [9.17, 15) is 4.79 Å². The Kier molecular flexibility index (Phi) is 3.65. The van der Waals surface area contributed by atoms with Crippen LogP contribution >= 0.6 is 23.1 Å². The molecule has 0 aliphatic carbocycles. The van der Waals surface area contributed by atoms with E-state index in [1.165, 1.54) is 18.4 Å². The van der Waals surface area contributed by atoms with Crippen molar-refractivity contribution in [2.75, 3.05) is 18.6 Å². The third-order valence-corrected chi connectivity index (χ3v) is 3.91. The molecule has 0 aliphatic heterocycles. The number of nitrogen functional groups attached to an aromatic ring is 1. The van der Waals surface area contributed by atoms with Crippen LogP contribution in [-0.2, 0) is 0 Å². The van der Waals surface area contributed by atoms with Gasteiger partial charge >= 0.3 is 0 Å². The molecular formula is C8H12N2O2S2. The number of carbonyl (C=O) groups is 1. The summed E-state index contributed by atoms with van der Waals surface area (Å²) in [6, 6.07) is 0. The molecule has 1 amide bonds. The van der Waals surface area contributed by atoms with E-state index in [1.807, 2.05) is 6.92 Å². The van der Waals surface area contributed by atoms with Crippen molar-refractivity contribution in [3.8, 4) is 5.75 Å². The molecule has 0 spiro atoms. The average Bonchev–Trinajstić information content (AvgIpc) is 2.43. The molecule has 1 aromatic heterocycles. The van der Waals surface area contributed by atoms with E-state index >= 15 is 0 Å². The number of methoxy groups -OCH3 is 1. The van der Waals surface area contributed by atoms with Crippen LogP contribution in [0, 0.1) is 0 Å². The first-order valence-corrected chi connectivity index (χ1v) is 5.80. The highest BCUT2D eigenvalue weighted by atomic mass is 32.2. The van der Waals surface area contributed by atoms with Crippen LogP contribution in [0.4, 0.5) is 5.69 Å². The lowest BCUT2D eigenvalue weighted by Gasteiger charge is -2.00. The van der Waals surface area contributed by atoms with Crippen LogP contribution < -0.4 is 16.2 Å². The molecule has 1 aromatic rings. The minimum atomic E-state index is -0.506. The summed E-state index contributed by atoms with van der Waals surface area (Å²) in [5.74, 6) is 0.957. The molecule has 0 radical (unpaired) electrons. The zero-order chi connectivity index (χ0) is 10.7. The van der Waals surface area contributed by atoms with E-state index in [2.05, 4.69) is 0 Å². The monoisotopic (exact) mass is 232 g/mol. The molecule has 0 saturated carbocycles. The second-order valence-electron chi connectivity index (χ2n) is 2.46. The quantitative estimate of drug-likeness (QED) is 0.772. The Morgan fingerprint density at radius 1 is 1.64 bits per heavy atom. The molecule has 4 N–H and O–H groups in total. The highest BCUT2D eigenvalue weighted by molar-refractivity contribution is 8.01. The summed E-state index contributed by atoms with van der Waals surface area (Å²) in [4.78, 5) is 11.4. The average molecular weight is 232 g/mol. The third kappa shape index (κ3) is 1.96. The summed E-state index contributed by atoms with van der Waals surface area (Å²) in [6.45, 7) is 2.02. The van der Waals surface area contributed by atoms with E-state index < -0.39 is 5.91 Å². The maximum absolute atomic E-state index is 11.0. The highest BCUT2D eigenvalue weighted by Crippen LogP contribution is 2.43. The molecule has 0 aliphatic rings. The number of anilines is 1. The molecule has 1 heterocycles. The normalized spacial score (nSPS) is 10.1. The van der Waals surface area contributed by atoms with Gasteiger partial charge < -0.3 is 16.2 Å². The van der Waals surface area contributed by atoms with Gasteiger partial charge in [-0.05, 0) is 5.75 Å². The number of thiophene rings is 1. The first-order chi connectivity index (χ1) is 6.61. The van der Waals surface area contributed by atoms with Crippen molar-refractivity contribution in [3.05, 3.63) is 4.88 Å². The lowest BCUT2D eigenvalue weighted by molar-refractivity contribution is 0.100. The van der Waals surface area contributed by atoms with Gasteiger partial charge in [-0.15, -0.1) is 23.1 Å². The van der Waals surface area contributed by atoms with Crippen molar-refractivity contribution in [1.29, 1.82) is 0 Å².